The zero-order valence-electron chi connectivity index (χ0n) is 96.3. The number of nitrogens with zero attached hydrogens (tertiary/aromatic N) is 4. The molecule has 1 amide bonds. The van der Waals surface area contributed by atoms with Crippen molar-refractivity contribution in [2.75, 3.05) is 93.9 Å². The molecule has 9 nitrogen and oxygen atoms in total. The summed E-state index contributed by atoms with van der Waals surface area (Å²) in [5, 5.41) is 0. The third kappa shape index (κ3) is 81.3. The van der Waals surface area contributed by atoms with Crippen molar-refractivity contribution in [3.05, 3.63) is 205 Å². The molecule has 12 rings (SSSR count). The van der Waals surface area contributed by atoms with E-state index in [1.165, 1.54) is 231 Å². The number of carbonyl (C=O) groups is 1. The average molecular weight is 1930 g/mol. The summed E-state index contributed by atoms with van der Waals surface area (Å²) in [4.78, 5) is 20.3. The Kier molecular flexibility index (Phi) is 80.9. The molecule has 1 aromatic heterocycles. The first-order chi connectivity index (χ1) is 66.4. The zero-order chi connectivity index (χ0) is 103. The molecule has 0 bridgehead atoms. The van der Waals surface area contributed by atoms with Crippen molar-refractivity contribution in [1.29, 1.82) is 0 Å². The van der Waals surface area contributed by atoms with Gasteiger partial charge in [0.05, 0.1) is 24.7 Å². The van der Waals surface area contributed by atoms with Crippen LogP contribution in [0.4, 0.5) is 0 Å². The minimum Gasteiger partial charge on any atom is -0.472 e. The molecule has 139 heavy (non-hydrogen) atoms. The number of benzene rings is 1. The largest absolute Gasteiger partial charge is 0.472 e. The fourth-order valence-corrected chi connectivity index (χ4v) is 17.6. The van der Waals surface area contributed by atoms with Gasteiger partial charge in [-0.25, -0.2) is 0 Å². The van der Waals surface area contributed by atoms with Gasteiger partial charge in [0.1, 0.15) is 0 Å². The van der Waals surface area contributed by atoms with E-state index in [2.05, 4.69) is 378 Å². The van der Waals surface area contributed by atoms with Crippen LogP contribution in [-0.2, 0) is 19.0 Å². The summed E-state index contributed by atoms with van der Waals surface area (Å²) in [5.41, 5.74) is 3.96. The van der Waals surface area contributed by atoms with Crippen LogP contribution >= 0.6 is 0 Å². The number of amides is 1. The Morgan fingerprint density at radius 2 is 0.734 bits per heavy atom. The average Bonchev–Trinajstić information content (AvgIpc) is 1.31. The number of likely N-dealkylation sites (tertiary alicyclic amines) is 4. The van der Waals surface area contributed by atoms with Gasteiger partial charge < -0.3 is 33.3 Å². The number of methoxy groups -OCH3 is 1. The van der Waals surface area contributed by atoms with Crippen LogP contribution in [0.15, 0.2) is 199 Å². The smallest absolute Gasteiger partial charge is 0.219 e. The predicted octanol–water partition coefficient (Wildman–Crippen LogP) is 36.6. The van der Waals surface area contributed by atoms with Crippen LogP contribution in [0.1, 0.15) is 390 Å². The van der Waals surface area contributed by atoms with Crippen molar-refractivity contribution in [2.24, 2.45) is 112 Å². The van der Waals surface area contributed by atoms with Crippen LogP contribution in [0.3, 0.4) is 0 Å². The van der Waals surface area contributed by atoms with Crippen molar-refractivity contribution in [3.63, 3.8) is 0 Å². The number of rotatable bonds is 25. The number of hydrogen-bond donors (Lipinski definition) is 0. The van der Waals surface area contributed by atoms with E-state index in [4.69, 9.17) is 18.6 Å². The van der Waals surface area contributed by atoms with E-state index in [1.807, 2.05) is 24.1 Å². The fraction of sp³-hybridized carbons (Fsp3) is 0.715. The molecule has 3 unspecified atom stereocenters. The van der Waals surface area contributed by atoms with Gasteiger partial charge in [-0.05, 0) is 332 Å². The van der Waals surface area contributed by atoms with Gasteiger partial charge in [0.25, 0.3) is 0 Å². The van der Waals surface area contributed by atoms with Gasteiger partial charge in [-0.15, -0.1) is 0 Å². The molecule has 4 aliphatic carbocycles. The molecule has 0 radical (unpaired) electrons. The third-order valence-electron chi connectivity index (χ3n) is 26.6. The summed E-state index contributed by atoms with van der Waals surface area (Å²) in [6.07, 6.45) is 105. The van der Waals surface area contributed by atoms with E-state index in [9.17, 15) is 4.79 Å². The van der Waals surface area contributed by atoms with Crippen molar-refractivity contribution in [3.8, 4) is 0 Å². The highest BCUT2D eigenvalue weighted by molar-refractivity contribution is 5.73. The van der Waals surface area contributed by atoms with Gasteiger partial charge in [0.15, 0.2) is 0 Å². The second-order valence-corrected chi connectivity index (χ2v) is 46.1. The number of hydrogen-bond acceptors (Lipinski definition) is 8. The van der Waals surface area contributed by atoms with Gasteiger partial charge in [-0.2, -0.15) is 0 Å². The first kappa shape index (κ1) is 131. The number of likely N-dealkylation sites (N-methyl/N-ethyl adjacent to an activating group) is 1. The van der Waals surface area contributed by atoms with E-state index >= 15 is 0 Å². The number of carbonyl (C=O) groups excluding carboxylic acids is 1. The van der Waals surface area contributed by atoms with Crippen LogP contribution in [0, 0.1) is 112 Å². The van der Waals surface area contributed by atoms with E-state index in [0.29, 0.717) is 83.3 Å². The molecule has 0 N–H and O–H groups in total. The summed E-state index contributed by atoms with van der Waals surface area (Å²) in [6.45, 7) is 65.9. The molecule has 2 aromatic rings. The molecule has 0 spiro atoms. The zero-order valence-corrected chi connectivity index (χ0v) is 96.3. The Hall–Kier alpha value is -5.65. The molecular weight excluding hydrogens is 1700 g/mol. The Labute approximate surface area is 864 Å². The van der Waals surface area contributed by atoms with Gasteiger partial charge >= 0.3 is 0 Å². The van der Waals surface area contributed by atoms with E-state index in [-0.39, 0.29) is 5.91 Å². The topological polar surface area (TPSA) is 70.9 Å². The molecule has 796 valence electrons. The quantitative estimate of drug-likeness (QED) is 0.0911. The van der Waals surface area contributed by atoms with Crippen LogP contribution in [0.25, 0.3) is 12.2 Å². The number of ether oxygens (including phenoxy) is 3. The second kappa shape index (κ2) is 85.6. The second-order valence-electron chi connectivity index (χ2n) is 46.1. The van der Waals surface area contributed by atoms with Crippen LogP contribution in [-0.4, -0.2) is 138 Å². The summed E-state index contributed by atoms with van der Waals surface area (Å²) in [5.74, 6) is 14.2. The molecule has 3 saturated carbocycles. The molecule has 9 heteroatoms. The van der Waals surface area contributed by atoms with Gasteiger partial charge in [0, 0.05) is 65.1 Å². The molecule has 7 heterocycles. The first-order valence-corrected chi connectivity index (χ1v) is 57.4. The lowest BCUT2D eigenvalue weighted by atomic mass is 9.86. The summed E-state index contributed by atoms with van der Waals surface area (Å²) in [7, 11) is 8.49. The van der Waals surface area contributed by atoms with Crippen LogP contribution < -0.4 is 0 Å². The SMILES string of the molecule is CC(=O)N1CCC(/C=C/C(C)C)CC1.CC(C)/C=C/C1=CCCCC1.CC(C)/C=C/C1CCCCC1.CC(C)/C=C/C1CCCCC1.CC(C)/C=C/C1CCCCN1C.CC(C)/C=C/C1CCCCO1.CC(C)/C=C/C1CCCN(C)C1.CC(C)/C=C/C1CCN(C)CC1.CC(C)/C=C/C1CCOCC1.CC(C)/C=C/c1ccccc1.CC(C)/C=C/c1ccoc1.COC1CCC(/C=C/C(C)C)CC1. The number of allylic oxidation sites excluding steroid dienone is 21. The van der Waals surface area contributed by atoms with Crippen molar-refractivity contribution < 1.29 is 23.4 Å². The molecule has 6 saturated heterocycles. The van der Waals surface area contributed by atoms with Crippen molar-refractivity contribution >= 4 is 18.1 Å². The van der Waals surface area contributed by atoms with E-state index in [1.54, 1.807) is 25.0 Å². The maximum atomic E-state index is 11.1. The lowest BCUT2D eigenvalue weighted by Crippen LogP contribution is -2.36. The lowest BCUT2D eigenvalue weighted by molar-refractivity contribution is -0.130. The minimum absolute atomic E-state index is 0.219. The first-order valence-electron chi connectivity index (χ1n) is 57.4. The summed E-state index contributed by atoms with van der Waals surface area (Å²) >= 11 is 0. The highest BCUT2D eigenvalue weighted by Gasteiger charge is 2.22. The Bertz CT molecular complexity index is 3390. The van der Waals surface area contributed by atoms with Crippen LogP contribution in [0.2, 0.25) is 0 Å². The number of piperidine rings is 4. The highest BCUT2D eigenvalue weighted by atomic mass is 16.5. The molecule has 9 fully saturated rings. The van der Waals surface area contributed by atoms with E-state index < -0.39 is 0 Å². The maximum Gasteiger partial charge on any atom is 0.219 e. The Morgan fingerprint density at radius 3 is 1.14 bits per heavy atom. The maximum absolute atomic E-state index is 11.1. The monoisotopic (exact) mass is 1920 g/mol. The predicted molar refractivity (Wildman–Crippen MR) is 618 cm³/mol. The van der Waals surface area contributed by atoms with Crippen molar-refractivity contribution in [1.82, 2.24) is 19.6 Å². The summed E-state index contributed by atoms with van der Waals surface area (Å²) < 4.78 is 21.1. The molecule has 10 aliphatic rings. The number of furan rings is 1. The van der Waals surface area contributed by atoms with Gasteiger partial charge in [-0.1, -0.05) is 399 Å². The standard InChI is InChI=1S/C12H21NO.C12H22O.3C11H21N.2C11H20.C11H18.C11H14.2C10H18O.C9H12O/c1-10(2)4-5-12-6-8-13(9-7-12)11(3)14;1-10(2)4-5-11-6-8-12(13-3)9-7-11;1-10(2)4-5-11-6-8-12(3)9-7-11;1-10(2)6-7-11-5-4-8-12(3)9-11;1-10(2)7-8-11-6-4-5-9-12(11)3;4*1-10(2)8-9-11-6-4-3-5-7-11;1-9(2)3-4-10-5-7-11-8-6-10;1-9(2)6-7-10-5-3-4-8-11-10;1-8(2)3-4-9-5-6-10-7-9/h4-5,10,12H,6-9H2,1-3H3;4-5,10-12H,6-9H2,1-3H3;4-5,10-11H,6-9H2,1-3H3;6-7,10-11H,4-5,8-9H2,1-3H3;7-8,10-11H,4-6,9H2,1-3H3;2*8-11H,3-7H2,1-2H3;6,8-10H,3-5,7H2,1-2H3;3-10H,1-2H3;3-4,9-10H,5-8H2,1-2H3;6-7,9-10H,3-5,8H2,1-2H3;3-8H,1-2H3/b3*5-4+;7-6+;8-7+;4*9-8+;4-3+;7-6+;4-3+. The Balaban J connectivity index is 0.000000759. The molecule has 1 aromatic carbocycles. The highest BCUT2D eigenvalue weighted by Crippen LogP contribution is 2.30. The normalized spacial score (nSPS) is 21.9. The molecule has 6 aliphatic heterocycles. The molecule has 3 atom stereocenters. The Morgan fingerprint density at radius 1 is 0.338 bits per heavy atom. The van der Waals surface area contributed by atoms with E-state index in [0.717, 1.165) is 98.7 Å². The van der Waals surface area contributed by atoms with Gasteiger partial charge in [0.2, 0.25) is 5.91 Å². The molecular formula is C130H226N4O5. The van der Waals surface area contributed by atoms with Gasteiger partial charge in [-0.3, -0.25) is 9.69 Å². The van der Waals surface area contributed by atoms with Crippen LogP contribution in [0.5, 0.6) is 0 Å². The fourth-order valence-electron chi connectivity index (χ4n) is 17.6. The van der Waals surface area contributed by atoms with Crippen molar-refractivity contribution in [2.45, 2.75) is 397 Å². The lowest BCUT2D eigenvalue weighted by Gasteiger charge is -2.30. The summed E-state index contributed by atoms with van der Waals surface area (Å²) in [6, 6.07) is 13.0. The third-order valence-corrected chi connectivity index (χ3v) is 26.6. The minimum atomic E-state index is 0.219.